The zero-order valence-corrected chi connectivity index (χ0v) is 66.3. The summed E-state index contributed by atoms with van der Waals surface area (Å²) in [6, 6.07) is 78.5. The highest BCUT2D eigenvalue weighted by Gasteiger charge is 2.43. The monoisotopic (exact) mass is 1390 g/mol. The van der Waals surface area contributed by atoms with Crippen molar-refractivity contribution < 1.29 is 0 Å². The fraction of sp³-hybridized carbons (Fsp3) is 0.370. The zero-order chi connectivity index (χ0) is 74.0. The molecule has 0 unspecified atom stereocenters. The van der Waals surface area contributed by atoms with Gasteiger partial charge in [-0.05, 0) is 216 Å². The van der Waals surface area contributed by atoms with E-state index in [1.54, 1.807) is 11.1 Å². The van der Waals surface area contributed by atoms with Crippen LogP contribution in [0.5, 0.6) is 0 Å². The van der Waals surface area contributed by atoms with Gasteiger partial charge >= 0.3 is 0 Å². The van der Waals surface area contributed by atoms with Gasteiger partial charge in [0.05, 0.1) is 11.4 Å². The van der Waals surface area contributed by atoms with Gasteiger partial charge in [-0.25, -0.2) is 15.0 Å². The molecule has 11 aromatic rings. The molecule has 1 aliphatic carbocycles. The number of aromatic nitrogens is 3. The Labute approximate surface area is 632 Å². The van der Waals surface area contributed by atoms with Crippen molar-refractivity contribution in [2.75, 3.05) is 9.80 Å². The van der Waals surface area contributed by atoms with Crippen molar-refractivity contribution in [1.82, 2.24) is 15.0 Å². The van der Waals surface area contributed by atoms with Crippen molar-refractivity contribution in [3.05, 3.63) is 267 Å². The first kappa shape index (κ1) is 75.5. The van der Waals surface area contributed by atoms with Gasteiger partial charge in [0.25, 0.3) is 0 Å². The van der Waals surface area contributed by atoms with Crippen LogP contribution in [0.1, 0.15) is 239 Å². The lowest BCUT2D eigenvalue weighted by molar-refractivity contribution is 0.398. The molecule has 0 fully saturated rings. The van der Waals surface area contributed by atoms with E-state index >= 15 is 0 Å². The Kier molecular flexibility index (Phi) is 24.1. The van der Waals surface area contributed by atoms with Gasteiger partial charge in [0, 0.05) is 44.9 Å². The third-order valence-electron chi connectivity index (χ3n) is 22.5. The molecule has 0 bridgehead atoms. The first-order valence-corrected chi connectivity index (χ1v) is 40.1. The highest BCUT2D eigenvalue weighted by Crippen LogP contribution is 2.56. The van der Waals surface area contributed by atoms with Gasteiger partial charge < -0.3 is 9.80 Å². The van der Waals surface area contributed by atoms with Crippen LogP contribution < -0.4 is 9.80 Å². The molecular weight excluding hydrogens is 1270 g/mol. The molecule has 0 saturated heterocycles. The Morgan fingerprint density at radius 2 is 0.600 bits per heavy atom. The molecule has 5 nitrogen and oxygen atoms in total. The van der Waals surface area contributed by atoms with E-state index in [4.69, 9.17) is 15.0 Å². The number of benzene rings is 10. The number of aryl methyl sites for hydroxylation is 7. The number of anilines is 6. The van der Waals surface area contributed by atoms with Crippen molar-refractivity contribution in [3.8, 4) is 67.5 Å². The standard InChI is InChI=1S/C100H117N5/c1-16-19-22-25-27-30-61-100(62-31-28-26-23-20-17-2)91-63-70(5)35-59-89(91)90-60-50-82(68-92(90)100)78-48-53-86(54-49-78)105(94-73(8)66-84(67-74(94)9)99(13,14)15)88-57-55-87(56-58-88)104(93-71(6)64-83(65-72(93)7)98(10,11)12)85-51-46-77(47-52-85)76-42-44-81(45-43-76)97-102-95(79-38-33-69(4)34-39-79)101-96(103-97)80-40-36-75(37-41-80)32-29-24-21-18-3/h33-60,63-68H,16-32,61-62H2,1-15H3. The smallest absolute Gasteiger partial charge is 0.164 e. The van der Waals surface area contributed by atoms with Gasteiger partial charge in [0.1, 0.15) is 0 Å². The molecule has 1 heterocycles. The molecule has 5 heteroatoms. The maximum Gasteiger partial charge on any atom is 0.164 e. The second kappa shape index (κ2) is 33.5. The maximum absolute atomic E-state index is 5.15. The van der Waals surface area contributed by atoms with Crippen LogP contribution in [-0.2, 0) is 22.7 Å². The van der Waals surface area contributed by atoms with Crippen molar-refractivity contribution in [3.63, 3.8) is 0 Å². The van der Waals surface area contributed by atoms with E-state index in [1.807, 2.05) is 0 Å². The van der Waals surface area contributed by atoms with Crippen LogP contribution in [-0.4, -0.2) is 15.0 Å². The molecule has 1 aliphatic rings. The summed E-state index contributed by atoms with van der Waals surface area (Å²) in [6.45, 7) is 34.4. The lowest BCUT2D eigenvalue weighted by Crippen LogP contribution is -2.25. The summed E-state index contributed by atoms with van der Waals surface area (Å²) in [7, 11) is 0. The summed E-state index contributed by atoms with van der Waals surface area (Å²) in [4.78, 5) is 20.3. The van der Waals surface area contributed by atoms with Crippen molar-refractivity contribution in [2.24, 2.45) is 0 Å². The quantitative estimate of drug-likeness (QED) is 0.0420. The van der Waals surface area contributed by atoms with Crippen molar-refractivity contribution in [1.29, 1.82) is 0 Å². The van der Waals surface area contributed by atoms with Gasteiger partial charge in [0.2, 0.25) is 0 Å². The SMILES string of the molecule is CCCCCCCCC1(CCCCCCCC)c2cc(C)ccc2-c2ccc(-c3ccc(N(c4ccc(N(c5ccc(-c6ccc(-c7nc(-c8ccc(C)cc8)nc(-c8ccc(CCCCCC)cc8)n7)cc6)cc5)c5c(C)cc(C(C)(C)C)cc5C)cc4)c4c(C)cc(C(C)(C)C)cc4C)cc3)cc21. The molecule has 0 aliphatic heterocycles. The summed E-state index contributed by atoms with van der Waals surface area (Å²) >= 11 is 0. The number of rotatable bonds is 30. The van der Waals surface area contributed by atoms with E-state index in [0.717, 1.165) is 57.0 Å². The van der Waals surface area contributed by atoms with E-state index in [0.29, 0.717) is 17.5 Å². The first-order valence-electron chi connectivity index (χ1n) is 40.1. The number of unbranched alkanes of at least 4 members (excludes halogenated alkanes) is 13. The normalized spacial score (nSPS) is 12.6. The highest BCUT2D eigenvalue weighted by molar-refractivity contribution is 5.88. The maximum atomic E-state index is 5.15. The average Bonchev–Trinajstić information content (AvgIpc) is 1.56. The summed E-state index contributed by atoms with van der Waals surface area (Å²) < 4.78 is 0. The molecule has 1 aromatic heterocycles. The fourth-order valence-corrected chi connectivity index (χ4v) is 16.4. The summed E-state index contributed by atoms with van der Waals surface area (Å²) in [5.74, 6) is 2.00. The first-order chi connectivity index (χ1) is 50.6. The van der Waals surface area contributed by atoms with Crippen molar-refractivity contribution in [2.45, 2.75) is 242 Å². The van der Waals surface area contributed by atoms with E-state index in [1.165, 1.54) is 199 Å². The van der Waals surface area contributed by atoms with E-state index in [2.05, 4.69) is 320 Å². The van der Waals surface area contributed by atoms with Crippen LogP contribution in [0.4, 0.5) is 34.1 Å². The van der Waals surface area contributed by atoms with E-state index in [-0.39, 0.29) is 16.2 Å². The second-order valence-electron chi connectivity index (χ2n) is 32.9. The van der Waals surface area contributed by atoms with Crippen LogP contribution in [0.15, 0.2) is 206 Å². The molecule has 0 spiro atoms. The summed E-state index contributed by atoms with van der Waals surface area (Å²) in [5, 5.41) is 0. The Bertz CT molecular complexity index is 4650. The molecule has 542 valence electrons. The highest BCUT2D eigenvalue weighted by atomic mass is 15.2. The molecule has 12 rings (SSSR count). The summed E-state index contributed by atoms with van der Waals surface area (Å²) in [5.41, 5.74) is 32.1. The van der Waals surface area contributed by atoms with E-state index < -0.39 is 0 Å². The topological polar surface area (TPSA) is 45.2 Å². The Morgan fingerprint density at radius 1 is 0.295 bits per heavy atom. The summed E-state index contributed by atoms with van der Waals surface area (Å²) in [6.07, 6.45) is 24.2. The van der Waals surface area contributed by atoms with Crippen LogP contribution >= 0.6 is 0 Å². The molecule has 0 N–H and O–H groups in total. The van der Waals surface area contributed by atoms with E-state index in [9.17, 15) is 0 Å². The minimum absolute atomic E-state index is 0.00179. The second-order valence-corrected chi connectivity index (χ2v) is 32.9. The fourth-order valence-electron chi connectivity index (χ4n) is 16.4. The van der Waals surface area contributed by atoms with Gasteiger partial charge in [-0.2, -0.15) is 0 Å². The predicted octanol–water partition coefficient (Wildman–Crippen LogP) is 29.5. The molecule has 0 saturated carbocycles. The molecular formula is C100H117N5. The van der Waals surface area contributed by atoms with Crippen LogP contribution in [0.3, 0.4) is 0 Å². The molecule has 10 aromatic carbocycles. The number of hydrogen-bond donors (Lipinski definition) is 0. The van der Waals surface area contributed by atoms with Gasteiger partial charge in [-0.1, -0.05) is 321 Å². The minimum atomic E-state index is -0.00584. The lowest BCUT2D eigenvalue weighted by Gasteiger charge is -2.33. The molecule has 0 amide bonds. The number of fused-ring (bicyclic) bond motifs is 3. The largest absolute Gasteiger partial charge is 0.310 e. The Morgan fingerprint density at radius 3 is 1.01 bits per heavy atom. The third kappa shape index (κ3) is 17.4. The molecule has 0 atom stereocenters. The number of nitrogens with zero attached hydrogens (tertiary/aromatic N) is 5. The van der Waals surface area contributed by atoms with Crippen LogP contribution in [0, 0.1) is 41.5 Å². The van der Waals surface area contributed by atoms with Crippen LogP contribution in [0.25, 0.3) is 67.5 Å². The number of hydrogen-bond acceptors (Lipinski definition) is 5. The third-order valence-corrected chi connectivity index (χ3v) is 22.5. The molecule has 105 heavy (non-hydrogen) atoms. The Balaban J connectivity index is 0.883. The lowest BCUT2D eigenvalue weighted by atomic mass is 9.70. The van der Waals surface area contributed by atoms with Crippen molar-refractivity contribution >= 4 is 34.1 Å². The van der Waals surface area contributed by atoms with Gasteiger partial charge in [-0.15, -0.1) is 0 Å². The Hall–Kier alpha value is -9.19. The average molecular weight is 1390 g/mol. The van der Waals surface area contributed by atoms with Gasteiger partial charge in [0.15, 0.2) is 17.5 Å². The predicted molar refractivity (Wildman–Crippen MR) is 452 cm³/mol. The molecule has 0 radical (unpaired) electrons. The minimum Gasteiger partial charge on any atom is -0.310 e. The van der Waals surface area contributed by atoms with Crippen LogP contribution in [0.2, 0.25) is 0 Å². The van der Waals surface area contributed by atoms with Gasteiger partial charge in [-0.3, -0.25) is 0 Å². The zero-order valence-electron chi connectivity index (χ0n) is 66.3.